The Bertz CT molecular complexity index is 379. The first-order chi connectivity index (χ1) is 17.8. The number of rotatable bonds is 32. The molecule has 0 heterocycles. The summed E-state index contributed by atoms with van der Waals surface area (Å²) in [4.78, 5) is 12.1. The van der Waals surface area contributed by atoms with Crippen LogP contribution in [-0.2, 0) is 4.79 Å². The van der Waals surface area contributed by atoms with Crippen molar-refractivity contribution in [3.8, 4) is 0 Å². The van der Waals surface area contributed by atoms with Crippen LogP contribution in [-0.4, -0.2) is 5.78 Å². The van der Waals surface area contributed by atoms with E-state index in [1.165, 1.54) is 180 Å². The molecular formula is C35H74ClNO. The minimum Gasteiger partial charge on any atom is -0.344 e. The van der Waals surface area contributed by atoms with Gasteiger partial charge < -0.3 is 6.15 Å². The molecular weight excluding hydrogens is 486 g/mol. The summed E-state index contributed by atoms with van der Waals surface area (Å²) < 4.78 is 0. The maximum absolute atomic E-state index is 12.1. The second kappa shape index (κ2) is 39.1. The lowest BCUT2D eigenvalue weighted by atomic mass is 10.0. The van der Waals surface area contributed by atoms with Gasteiger partial charge >= 0.3 is 0 Å². The second-order valence-corrected chi connectivity index (χ2v) is 11.9. The number of Topliss-reactive ketones (excluding diaryl/α,β-unsaturated/α-hetero) is 1. The lowest BCUT2D eigenvalue weighted by molar-refractivity contribution is -0.119. The maximum atomic E-state index is 12.1. The van der Waals surface area contributed by atoms with Crippen molar-refractivity contribution in [2.45, 2.75) is 219 Å². The largest absolute Gasteiger partial charge is 0.344 e. The standard InChI is InChI=1S/C35H70O.ClH.H3N/c1-3-5-7-9-11-13-15-17-19-21-23-25-27-29-31-33-35(36)34-32-30-28-26-24-22-20-18-16-14-12-10-8-6-4-2;;/h3-34H2,1-2H3;1H;1H3. The molecule has 0 fully saturated rings. The van der Waals surface area contributed by atoms with E-state index in [0.29, 0.717) is 5.78 Å². The second-order valence-electron chi connectivity index (χ2n) is 11.9. The molecule has 0 aromatic carbocycles. The number of hydrogen-bond donors (Lipinski definition) is 1. The topological polar surface area (TPSA) is 52.1 Å². The van der Waals surface area contributed by atoms with Crippen LogP contribution in [0.2, 0.25) is 0 Å². The Morgan fingerprint density at radius 1 is 0.316 bits per heavy atom. The van der Waals surface area contributed by atoms with Crippen molar-refractivity contribution < 1.29 is 4.79 Å². The van der Waals surface area contributed by atoms with Crippen LogP contribution in [0.4, 0.5) is 0 Å². The zero-order valence-electron chi connectivity index (χ0n) is 26.7. The minimum atomic E-state index is 0. The van der Waals surface area contributed by atoms with Crippen molar-refractivity contribution in [3.63, 3.8) is 0 Å². The van der Waals surface area contributed by atoms with Gasteiger partial charge in [-0.3, -0.25) is 4.79 Å². The van der Waals surface area contributed by atoms with E-state index < -0.39 is 0 Å². The molecule has 0 aromatic heterocycles. The number of hydrogen-bond acceptors (Lipinski definition) is 2. The monoisotopic (exact) mass is 560 g/mol. The van der Waals surface area contributed by atoms with Gasteiger partial charge in [0.2, 0.25) is 0 Å². The van der Waals surface area contributed by atoms with Crippen molar-refractivity contribution in [3.05, 3.63) is 0 Å². The Balaban J connectivity index is -0.00000612. The lowest BCUT2D eigenvalue weighted by Crippen LogP contribution is -1.97. The van der Waals surface area contributed by atoms with Gasteiger partial charge in [0.15, 0.2) is 0 Å². The van der Waals surface area contributed by atoms with Gasteiger partial charge in [-0.2, -0.15) is 0 Å². The van der Waals surface area contributed by atoms with E-state index >= 15 is 0 Å². The van der Waals surface area contributed by atoms with E-state index in [1.54, 1.807) is 0 Å². The normalized spacial score (nSPS) is 10.8. The van der Waals surface area contributed by atoms with Crippen LogP contribution in [0.5, 0.6) is 0 Å². The van der Waals surface area contributed by atoms with Gasteiger partial charge in [0.25, 0.3) is 0 Å². The average molecular weight is 560 g/mol. The number of carbonyl (C=O) groups is 1. The molecule has 232 valence electrons. The summed E-state index contributed by atoms with van der Waals surface area (Å²) in [6.45, 7) is 4.59. The van der Waals surface area contributed by atoms with Crippen LogP contribution in [0.1, 0.15) is 219 Å². The highest BCUT2D eigenvalue weighted by Crippen LogP contribution is 2.16. The lowest BCUT2D eigenvalue weighted by Gasteiger charge is -2.04. The number of unbranched alkanes of at least 4 members (excludes halogenated alkanes) is 28. The Kier molecular flexibility index (Phi) is 43.6. The Labute approximate surface area is 248 Å². The third kappa shape index (κ3) is 38.1. The van der Waals surface area contributed by atoms with E-state index in [4.69, 9.17) is 0 Å². The zero-order valence-corrected chi connectivity index (χ0v) is 27.5. The smallest absolute Gasteiger partial charge is 0.132 e. The van der Waals surface area contributed by atoms with Crippen LogP contribution in [0, 0.1) is 0 Å². The number of carbonyl (C=O) groups excluding carboxylic acids is 1. The predicted octanol–water partition coefficient (Wildman–Crippen LogP) is 13.7. The van der Waals surface area contributed by atoms with E-state index in [1.807, 2.05) is 0 Å². The SMILES string of the molecule is CCCCCCCCCCCCCCCCCC(=O)CCCCCCCCCCCCCCCCC.Cl.N. The van der Waals surface area contributed by atoms with Crippen molar-refractivity contribution in [1.82, 2.24) is 6.15 Å². The Morgan fingerprint density at radius 3 is 0.658 bits per heavy atom. The number of halogens is 1. The van der Waals surface area contributed by atoms with E-state index in [-0.39, 0.29) is 18.6 Å². The fourth-order valence-corrected chi connectivity index (χ4v) is 5.51. The highest BCUT2D eigenvalue weighted by Gasteiger charge is 2.02. The summed E-state index contributed by atoms with van der Waals surface area (Å²) in [5, 5.41) is 0. The van der Waals surface area contributed by atoms with Crippen molar-refractivity contribution in [2.75, 3.05) is 0 Å². The first kappa shape index (κ1) is 42.4. The third-order valence-corrected chi connectivity index (χ3v) is 8.12. The number of ketones is 1. The Hall–Kier alpha value is -0.0800. The van der Waals surface area contributed by atoms with Gasteiger partial charge in [0, 0.05) is 12.8 Å². The van der Waals surface area contributed by atoms with Crippen LogP contribution < -0.4 is 6.15 Å². The molecule has 0 aliphatic carbocycles. The third-order valence-electron chi connectivity index (χ3n) is 8.12. The first-order valence-corrected chi connectivity index (χ1v) is 17.3. The molecule has 0 spiro atoms. The van der Waals surface area contributed by atoms with Gasteiger partial charge in [0.1, 0.15) is 5.78 Å². The minimum absolute atomic E-state index is 0. The maximum Gasteiger partial charge on any atom is 0.132 e. The van der Waals surface area contributed by atoms with Gasteiger partial charge in [-0.25, -0.2) is 0 Å². The summed E-state index contributed by atoms with van der Waals surface area (Å²) in [5.41, 5.74) is 0. The van der Waals surface area contributed by atoms with E-state index in [0.717, 1.165) is 25.7 Å². The predicted molar refractivity (Wildman–Crippen MR) is 176 cm³/mol. The summed E-state index contributed by atoms with van der Waals surface area (Å²) in [5.74, 6) is 0.527. The molecule has 0 amide bonds. The van der Waals surface area contributed by atoms with Gasteiger partial charge in [-0.05, 0) is 12.8 Å². The van der Waals surface area contributed by atoms with Gasteiger partial charge in [-0.15, -0.1) is 12.4 Å². The van der Waals surface area contributed by atoms with E-state index in [2.05, 4.69) is 13.8 Å². The molecule has 0 rings (SSSR count). The first-order valence-electron chi connectivity index (χ1n) is 17.3. The molecule has 0 saturated heterocycles. The molecule has 3 N–H and O–H groups in total. The summed E-state index contributed by atoms with van der Waals surface area (Å²) in [7, 11) is 0. The molecule has 0 atom stereocenters. The fourth-order valence-electron chi connectivity index (χ4n) is 5.51. The highest BCUT2D eigenvalue weighted by molar-refractivity contribution is 5.85. The summed E-state index contributed by atoms with van der Waals surface area (Å²) in [6, 6.07) is 0. The van der Waals surface area contributed by atoms with E-state index in [9.17, 15) is 4.79 Å². The average Bonchev–Trinajstić information content (AvgIpc) is 2.88. The van der Waals surface area contributed by atoms with Crippen molar-refractivity contribution >= 4 is 18.2 Å². The van der Waals surface area contributed by atoms with Crippen LogP contribution >= 0.6 is 12.4 Å². The van der Waals surface area contributed by atoms with Crippen molar-refractivity contribution in [2.24, 2.45) is 0 Å². The molecule has 0 saturated carbocycles. The van der Waals surface area contributed by atoms with Gasteiger partial charge in [0.05, 0.1) is 0 Å². The molecule has 0 radical (unpaired) electrons. The Morgan fingerprint density at radius 2 is 0.474 bits per heavy atom. The summed E-state index contributed by atoms with van der Waals surface area (Å²) in [6.07, 6.45) is 43.4. The van der Waals surface area contributed by atoms with Gasteiger partial charge in [-0.1, -0.05) is 194 Å². The molecule has 3 heteroatoms. The molecule has 0 unspecified atom stereocenters. The zero-order chi connectivity index (χ0) is 26.2. The van der Waals surface area contributed by atoms with Crippen LogP contribution in [0.25, 0.3) is 0 Å². The molecule has 0 aromatic rings. The quantitative estimate of drug-likeness (QED) is 0.0832. The molecule has 38 heavy (non-hydrogen) atoms. The van der Waals surface area contributed by atoms with Crippen LogP contribution in [0.3, 0.4) is 0 Å². The fraction of sp³-hybridized carbons (Fsp3) is 0.971. The molecule has 0 aliphatic rings. The highest BCUT2D eigenvalue weighted by atomic mass is 35.5. The van der Waals surface area contributed by atoms with Crippen molar-refractivity contribution in [1.29, 1.82) is 0 Å². The van der Waals surface area contributed by atoms with Crippen LogP contribution in [0.15, 0.2) is 0 Å². The molecule has 0 bridgehead atoms. The molecule has 0 aliphatic heterocycles. The molecule has 2 nitrogen and oxygen atoms in total. The summed E-state index contributed by atoms with van der Waals surface area (Å²) >= 11 is 0.